The summed E-state index contributed by atoms with van der Waals surface area (Å²) in [4.78, 5) is 11.0. The molecule has 0 heterocycles. The highest BCUT2D eigenvalue weighted by Gasteiger charge is 2.17. The molecule has 100 valence electrons. The fourth-order valence-corrected chi connectivity index (χ4v) is 2.47. The molecule has 6 nitrogen and oxygen atoms in total. The predicted octanol–water partition coefficient (Wildman–Crippen LogP) is 1.35. The van der Waals surface area contributed by atoms with E-state index in [0.717, 1.165) is 0 Å². The first-order valence-corrected chi connectivity index (χ1v) is 6.96. The number of aromatic carboxylic acids is 1. The maximum atomic E-state index is 11.7. The van der Waals surface area contributed by atoms with Gasteiger partial charge in [0.2, 0.25) is 0 Å². The third-order valence-corrected chi connectivity index (χ3v) is 3.34. The second kappa shape index (κ2) is 5.83. The zero-order valence-electron chi connectivity index (χ0n) is 10.2. The van der Waals surface area contributed by atoms with Gasteiger partial charge in [-0.2, -0.15) is 13.1 Å². The molecule has 18 heavy (non-hydrogen) atoms. The molecule has 0 aliphatic carbocycles. The van der Waals surface area contributed by atoms with E-state index in [1.54, 1.807) is 19.1 Å². The van der Waals surface area contributed by atoms with Crippen molar-refractivity contribution in [1.82, 2.24) is 4.72 Å². The lowest BCUT2D eigenvalue weighted by molar-refractivity contribution is 0.0698. The van der Waals surface area contributed by atoms with Crippen molar-refractivity contribution in [2.24, 2.45) is 0 Å². The van der Waals surface area contributed by atoms with E-state index in [1.807, 2.05) is 6.92 Å². The van der Waals surface area contributed by atoms with Crippen LogP contribution in [-0.4, -0.2) is 26.0 Å². The summed E-state index contributed by atoms with van der Waals surface area (Å²) in [5, 5.41) is 9.01. The third-order valence-electron chi connectivity index (χ3n) is 2.28. The monoisotopic (exact) mass is 272 g/mol. The van der Waals surface area contributed by atoms with E-state index in [-0.39, 0.29) is 11.3 Å². The van der Waals surface area contributed by atoms with E-state index in [0.29, 0.717) is 18.5 Å². The van der Waals surface area contributed by atoms with Crippen molar-refractivity contribution in [2.45, 2.75) is 20.3 Å². The topological polar surface area (TPSA) is 95.5 Å². The van der Waals surface area contributed by atoms with E-state index < -0.39 is 16.2 Å². The van der Waals surface area contributed by atoms with Gasteiger partial charge in [-0.15, -0.1) is 0 Å². The molecule has 0 aliphatic heterocycles. The number of rotatable bonds is 6. The molecule has 1 aromatic rings. The third kappa shape index (κ3) is 3.71. The molecule has 0 radical (unpaired) electrons. The number of nitrogens with one attached hydrogen (secondary N) is 2. The minimum Gasteiger partial charge on any atom is -0.478 e. The van der Waals surface area contributed by atoms with Gasteiger partial charge in [0, 0.05) is 6.54 Å². The first-order chi connectivity index (χ1) is 8.37. The van der Waals surface area contributed by atoms with Crippen LogP contribution >= 0.6 is 0 Å². The number of anilines is 1. The van der Waals surface area contributed by atoms with Crippen molar-refractivity contribution in [2.75, 3.05) is 11.3 Å². The molecule has 7 heteroatoms. The lowest BCUT2D eigenvalue weighted by Gasteiger charge is -2.13. The molecule has 0 bridgehead atoms. The number of carboxylic acids is 1. The summed E-state index contributed by atoms with van der Waals surface area (Å²) < 4.78 is 27.9. The highest BCUT2D eigenvalue weighted by molar-refractivity contribution is 7.90. The van der Waals surface area contributed by atoms with Gasteiger partial charge in [0.25, 0.3) is 10.2 Å². The summed E-state index contributed by atoms with van der Waals surface area (Å²) in [5.41, 5.74) is 0.572. The number of para-hydroxylation sites is 1. The molecule has 0 amide bonds. The van der Waals surface area contributed by atoms with Crippen molar-refractivity contribution >= 4 is 21.9 Å². The van der Waals surface area contributed by atoms with Crippen LogP contribution in [0.3, 0.4) is 0 Å². The number of hydrogen-bond donors (Lipinski definition) is 3. The first-order valence-electron chi connectivity index (χ1n) is 5.47. The predicted molar refractivity (Wildman–Crippen MR) is 69.0 cm³/mol. The molecular formula is C11H16N2O4S. The van der Waals surface area contributed by atoms with Crippen LogP contribution in [0.25, 0.3) is 0 Å². The molecule has 3 N–H and O–H groups in total. The van der Waals surface area contributed by atoms with Gasteiger partial charge >= 0.3 is 5.97 Å². The Hall–Kier alpha value is -1.60. The van der Waals surface area contributed by atoms with Crippen LogP contribution in [-0.2, 0) is 10.2 Å². The van der Waals surface area contributed by atoms with E-state index in [4.69, 9.17) is 5.11 Å². The normalized spacial score (nSPS) is 11.2. The van der Waals surface area contributed by atoms with Gasteiger partial charge < -0.3 is 5.11 Å². The molecule has 0 aromatic heterocycles. The smallest absolute Gasteiger partial charge is 0.337 e. The van der Waals surface area contributed by atoms with Crippen molar-refractivity contribution in [1.29, 1.82) is 0 Å². The van der Waals surface area contributed by atoms with Gasteiger partial charge in [-0.05, 0) is 25.0 Å². The molecule has 0 fully saturated rings. The second-order valence-corrected chi connectivity index (χ2v) is 5.30. The summed E-state index contributed by atoms with van der Waals surface area (Å²) >= 11 is 0. The number of benzene rings is 1. The lowest BCUT2D eigenvalue weighted by Crippen LogP contribution is -2.31. The average molecular weight is 272 g/mol. The van der Waals surface area contributed by atoms with E-state index in [9.17, 15) is 13.2 Å². The molecule has 0 saturated heterocycles. The van der Waals surface area contributed by atoms with E-state index in [1.165, 1.54) is 6.07 Å². The zero-order chi connectivity index (χ0) is 13.8. The molecule has 0 spiro atoms. The Morgan fingerprint density at radius 1 is 1.39 bits per heavy atom. The van der Waals surface area contributed by atoms with Crippen LogP contribution in [0.4, 0.5) is 5.69 Å². The van der Waals surface area contributed by atoms with Gasteiger partial charge in [-0.3, -0.25) is 4.72 Å². The van der Waals surface area contributed by atoms with E-state index in [2.05, 4.69) is 9.44 Å². The molecule has 0 saturated carbocycles. The Labute approximate surface area is 106 Å². The Kier molecular flexibility index (Phi) is 4.69. The largest absolute Gasteiger partial charge is 0.478 e. The van der Waals surface area contributed by atoms with Crippen LogP contribution in [0.5, 0.6) is 0 Å². The Bertz CT molecular complexity index is 540. The number of carboxylic acid groups (broad SMARTS) is 1. The van der Waals surface area contributed by atoms with Gasteiger partial charge in [-0.25, -0.2) is 4.79 Å². The molecule has 0 atom stereocenters. The van der Waals surface area contributed by atoms with E-state index >= 15 is 0 Å². The number of carbonyl (C=O) groups is 1. The van der Waals surface area contributed by atoms with Crippen molar-refractivity contribution in [3.8, 4) is 0 Å². The lowest BCUT2D eigenvalue weighted by atomic mass is 10.1. The highest BCUT2D eigenvalue weighted by atomic mass is 32.2. The Morgan fingerprint density at radius 2 is 2.06 bits per heavy atom. The average Bonchev–Trinajstić information content (AvgIpc) is 2.28. The van der Waals surface area contributed by atoms with Crippen molar-refractivity contribution in [3.63, 3.8) is 0 Å². The van der Waals surface area contributed by atoms with Crippen LogP contribution in [0.2, 0.25) is 0 Å². The number of hydrogen-bond acceptors (Lipinski definition) is 3. The molecule has 0 unspecified atom stereocenters. The minimum atomic E-state index is -3.74. The minimum absolute atomic E-state index is 0.0723. The van der Waals surface area contributed by atoms with Gasteiger partial charge in [0.15, 0.2) is 0 Å². The maximum Gasteiger partial charge on any atom is 0.337 e. The van der Waals surface area contributed by atoms with Crippen LogP contribution in [0.15, 0.2) is 18.2 Å². The maximum absolute atomic E-state index is 11.7. The Morgan fingerprint density at radius 3 is 2.61 bits per heavy atom. The van der Waals surface area contributed by atoms with Crippen molar-refractivity contribution in [3.05, 3.63) is 29.3 Å². The SMILES string of the molecule is CCCNS(=O)(=O)Nc1c(C)cccc1C(=O)O. The Balaban J connectivity index is 3.07. The standard InChI is InChI=1S/C11H16N2O4S/c1-3-7-12-18(16,17)13-10-8(2)5-4-6-9(10)11(14)15/h4-6,12-13H,3,7H2,1-2H3,(H,14,15). The second-order valence-electron chi connectivity index (χ2n) is 3.80. The summed E-state index contributed by atoms with van der Waals surface area (Å²) in [6, 6.07) is 4.56. The van der Waals surface area contributed by atoms with Crippen LogP contribution < -0.4 is 9.44 Å². The molecule has 1 rings (SSSR count). The highest BCUT2D eigenvalue weighted by Crippen LogP contribution is 2.21. The first kappa shape index (κ1) is 14.5. The van der Waals surface area contributed by atoms with Crippen molar-refractivity contribution < 1.29 is 18.3 Å². The summed E-state index contributed by atoms with van der Waals surface area (Å²) in [6.07, 6.45) is 0.653. The fraction of sp³-hybridized carbons (Fsp3) is 0.364. The summed E-state index contributed by atoms with van der Waals surface area (Å²) in [5.74, 6) is -1.17. The molecular weight excluding hydrogens is 256 g/mol. The zero-order valence-corrected chi connectivity index (χ0v) is 11.0. The van der Waals surface area contributed by atoms with Gasteiger partial charge in [0.05, 0.1) is 11.3 Å². The van der Waals surface area contributed by atoms with Crippen LogP contribution in [0.1, 0.15) is 29.3 Å². The molecule has 0 aliphatic rings. The summed E-state index contributed by atoms with van der Waals surface area (Å²) in [7, 11) is -3.74. The fourth-order valence-electron chi connectivity index (χ4n) is 1.39. The molecule has 1 aromatic carbocycles. The van der Waals surface area contributed by atoms with Gasteiger partial charge in [-0.1, -0.05) is 19.1 Å². The van der Waals surface area contributed by atoms with Crippen LogP contribution in [0, 0.1) is 6.92 Å². The number of aryl methyl sites for hydroxylation is 1. The quantitative estimate of drug-likeness (QED) is 0.728. The van der Waals surface area contributed by atoms with Gasteiger partial charge in [0.1, 0.15) is 0 Å². The summed E-state index contributed by atoms with van der Waals surface area (Å²) in [6.45, 7) is 3.77.